The molecule has 0 radical (unpaired) electrons. The Morgan fingerprint density at radius 2 is 1.61 bits per heavy atom. The standard InChI is InChI=1S/C30H41N3O4S/c1-23(2)38(35,36)33-21-26(28(22-33)25-7-5-4-6-8-25)20-31-16-13-30(14-17-31)15-18-32(29(30)34)19-24-9-11-27(37-3)12-10-24/h4-12,23,26,28H,13-22H2,1-3H3/t26-,28+/m0/s1. The molecule has 8 heteroatoms. The number of likely N-dealkylation sites (tertiary alicyclic amines) is 2. The zero-order chi connectivity index (χ0) is 26.9. The number of piperidine rings is 1. The quantitative estimate of drug-likeness (QED) is 0.508. The topological polar surface area (TPSA) is 70.2 Å². The summed E-state index contributed by atoms with van der Waals surface area (Å²) >= 11 is 0. The number of carbonyl (C=O) groups excluding carboxylic acids is 1. The van der Waals surface area contributed by atoms with Crippen LogP contribution in [0.15, 0.2) is 54.6 Å². The van der Waals surface area contributed by atoms with Gasteiger partial charge in [0.15, 0.2) is 0 Å². The van der Waals surface area contributed by atoms with E-state index in [2.05, 4.69) is 17.0 Å². The average molecular weight is 540 g/mol. The van der Waals surface area contributed by atoms with Crippen molar-refractivity contribution in [2.45, 2.75) is 50.8 Å². The van der Waals surface area contributed by atoms with Crippen molar-refractivity contribution < 1.29 is 17.9 Å². The molecule has 3 aliphatic heterocycles. The molecule has 38 heavy (non-hydrogen) atoms. The summed E-state index contributed by atoms with van der Waals surface area (Å²) in [5.41, 5.74) is 2.10. The molecule has 0 aromatic heterocycles. The maximum Gasteiger partial charge on any atom is 0.229 e. The third kappa shape index (κ3) is 5.36. The summed E-state index contributed by atoms with van der Waals surface area (Å²) in [6.45, 7) is 8.74. The number of sulfonamides is 1. The zero-order valence-corrected chi connectivity index (χ0v) is 23.7. The molecule has 5 rings (SSSR count). The number of nitrogens with zero attached hydrogens (tertiary/aromatic N) is 3. The van der Waals surface area contributed by atoms with Crippen LogP contribution < -0.4 is 4.74 Å². The van der Waals surface area contributed by atoms with Gasteiger partial charge in [0.1, 0.15) is 5.75 Å². The molecule has 3 fully saturated rings. The Morgan fingerprint density at radius 1 is 0.947 bits per heavy atom. The second-order valence-electron chi connectivity index (χ2n) is 11.6. The highest BCUT2D eigenvalue weighted by atomic mass is 32.2. The minimum atomic E-state index is -3.30. The highest BCUT2D eigenvalue weighted by molar-refractivity contribution is 7.89. The van der Waals surface area contributed by atoms with Gasteiger partial charge in [-0.25, -0.2) is 12.7 Å². The Balaban J connectivity index is 1.22. The van der Waals surface area contributed by atoms with Crippen molar-refractivity contribution in [1.82, 2.24) is 14.1 Å². The van der Waals surface area contributed by atoms with Crippen molar-refractivity contribution in [3.05, 3.63) is 65.7 Å². The Bertz CT molecular complexity index is 1210. The van der Waals surface area contributed by atoms with Gasteiger partial charge in [0.05, 0.1) is 17.8 Å². The van der Waals surface area contributed by atoms with Crippen molar-refractivity contribution in [3.8, 4) is 5.75 Å². The van der Waals surface area contributed by atoms with E-state index in [0.717, 1.165) is 56.8 Å². The van der Waals surface area contributed by atoms with Gasteiger partial charge in [0.25, 0.3) is 0 Å². The Labute approximate surface area is 227 Å². The Hall–Kier alpha value is -2.42. The summed E-state index contributed by atoms with van der Waals surface area (Å²) in [4.78, 5) is 18.0. The summed E-state index contributed by atoms with van der Waals surface area (Å²) in [6.07, 6.45) is 2.68. The van der Waals surface area contributed by atoms with Crippen LogP contribution in [-0.2, 0) is 21.4 Å². The molecule has 206 valence electrons. The molecule has 0 aliphatic carbocycles. The molecule has 0 bridgehead atoms. The van der Waals surface area contributed by atoms with Gasteiger partial charge in [-0.15, -0.1) is 0 Å². The maximum atomic E-state index is 13.5. The molecule has 2 atom stereocenters. The van der Waals surface area contributed by atoms with E-state index in [1.54, 1.807) is 25.3 Å². The first-order valence-electron chi connectivity index (χ1n) is 13.9. The normalized spacial score (nSPS) is 24.5. The van der Waals surface area contributed by atoms with Crippen LogP contribution in [0.5, 0.6) is 5.75 Å². The summed E-state index contributed by atoms with van der Waals surface area (Å²) in [5, 5.41) is -0.415. The van der Waals surface area contributed by atoms with E-state index in [0.29, 0.717) is 25.5 Å². The third-order valence-corrected chi connectivity index (χ3v) is 11.2. The second-order valence-corrected chi connectivity index (χ2v) is 14.1. The molecular formula is C30H41N3O4S. The molecule has 1 amide bonds. The number of rotatable bonds is 8. The molecular weight excluding hydrogens is 498 g/mol. The number of ether oxygens (including phenoxy) is 1. The predicted molar refractivity (Wildman–Crippen MR) is 149 cm³/mol. The van der Waals surface area contributed by atoms with Crippen molar-refractivity contribution in [2.75, 3.05) is 46.4 Å². The summed E-state index contributed by atoms with van der Waals surface area (Å²) < 4.78 is 33.0. The third-order valence-electron chi connectivity index (χ3n) is 9.03. The number of hydrogen-bond donors (Lipinski definition) is 0. The van der Waals surface area contributed by atoms with Crippen LogP contribution in [-0.4, -0.2) is 80.1 Å². The van der Waals surface area contributed by atoms with Crippen LogP contribution >= 0.6 is 0 Å². The molecule has 3 heterocycles. The van der Waals surface area contributed by atoms with Gasteiger partial charge >= 0.3 is 0 Å². The van der Waals surface area contributed by atoms with Crippen molar-refractivity contribution in [2.24, 2.45) is 11.3 Å². The van der Waals surface area contributed by atoms with Gasteiger partial charge in [0, 0.05) is 38.6 Å². The molecule has 2 aromatic rings. The lowest BCUT2D eigenvalue weighted by molar-refractivity contribution is -0.139. The fourth-order valence-electron chi connectivity index (χ4n) is 6.55. The van der Waals surface area contributed by atoms with Crippen LogP contribution in [0.4, 0.5) is 0 Å². The lowest BCUT2D eigenvalue weighted by Gasteiger charge is -2.39. The predicted octanol–water partition coefficient (Wildman–Crippen LogP) is 3.96. The van der Waals surface area contributed by atoms with E-state index >= 15 is 0 Å². The average Bonchev–Trinajstić information content (AvgIpc) is 3.48. The monoisotopic (exact) mass is 539 g/mol. The highest BCUT2D eigenvalue weighted by Crippen LogP contribution is 2.43. The van der Waals surface area contributed by atoms with E-state index in [4.69, 9.17) is 4.74 Å². The minimum Gasteiger partial charge on any atom is -0.497 e. The lowest BCUT2D eigenvalue weighted by Crippen LogP contribution is -2.46. The van der Waals surface area contributed by atoms with Crippen LogP contribution in [0.2, 0.25) is 0 Å². The molecule has 0 saturated carbocycles. The van der Waals surface area contributed by atoms with Gasteiger partial charge in [-0.2, -0.15) is 0 Å². The fraction of sp³-hybridized carbons (Fsp3) is 0.567. The number of benzene rings is 2. The number of hydrogen-bond acceptors (Lipinski definition) is 5. The van der Waals surface area contributed by atoms with Crippen LogP contribution in [0, 0.1) is 11.3 Å². The van der Waals surface area contributed by atoms with Gasteiger partial charge in [-0.05, 0) is 75.4 Å². The van der Waals surface area contributed by atoms with Gasteiger partial charge in [-0.1, -0.05) is 42.5 Å². The fourth-order valence-corrected chi connectivity index (χ4v) is 7.92. The molecule has 3 saturated heterocycles. The SMILES string of the molecule is COc1ccc(CN2CCC3(CCN(C[C@H]4CN(S(=O)(=O)C(C)C)C[C@@H]4c4ccccc4)CC3)C2=O)cc1. The smallest absolute Gasteiger partial charge is 0.229 e. The largest absolute Gasteiger partial charge is 0.497 e. The van der Waals surface area contributed by atoms with Crippen LogP contribution in [0.3, 0.4) is 0 Å². The van der Waals surface area contributed by atoms with E-state index < -0.39 is 15.3 Å². The van der Waals surface area contributed by atoms with Gasteiger partial charge in [-0.3, -0.25) is 4.79 Å². The second kappa shape index (κ2) is 11.0. The first kappa shape index (κ1) is 27.2. The van der Waals surface area contributed by atoms with Crippen molar-refractivity contribution in [1.29, 1.82) is 0 Å². The van der Waals surface area contributed by atoms with Crippen molar-refractivity contribution in [3.63, 3.8) is 0 Å². The Morgan fingerprint density at radius 3 is 2.24 bits per heavy atom. The first-order chi connectivity index (χ1) is 18.2. The lowest BCUT2D eigenvalue weighted by atomic mass is 9.76. The van der Waals surface area contributed by atoms with E-state index in [1.807, 2.05) is 47.4 Å². The maximum absolute atomic E-state index is 13.5. The van der Waals surface area contributed by atoms with Gasteiger partial charge in [0.2, 0.25) is 15.9 Å². The molecule has 3 aliphatic rings. The van der Waals surface area contributed by atoms with E-state index in [9.17, 15) is 13.2 Å². The molecule has 2 aromatic carbocycles. The van der Waals surface area contributed by atoms with E-state index in [-0.39, 0.29) is 17.3 Å². The Kier molecular flexibility index (Phi) is 7.85. The summed E-state index contributed by atoms with van der Waals surface area (Å²) in [7, 11) is -1.64. The van der Waals surface area contributed by atoms with Crippen molar-refractivity contribution >= 4 is 15.9 Å². The number of carbonyl (C=O) groups is 1. The van der Waals surface area contributed by atoms with Crippen LogP contribution in [0.25, 0.3) is 0 Å². The molecule has 7 nitrogen and oxygen atoms in total. The van der Waals surface area contributed by atoms with Crippen LogP contribution in [0.1, 0.15) is 50.2 Å². The molecule has 0 unspecified atom stereocenters. The highest BCUT2D eigenvalue weighted by Gasteiger charge is 2.49. The molecule has 1 spiro atoms. The summed E-state index contributed by atoms with van der Waals surface area (Å²) in [5.74, 6) is 1.55. The zero-order valence-electron chi connectivity index (χ0n) is 22.9. The first-order valence-corrected chi connectivity index (χ1v) is 15.4. The van der Waals surface area contributed by atoms with Gasteiger partial charge < -0.3 is 14.5 Å². The number of methoxy groups -OCH3 is 1. The number of amides is 1. The summed E-state index contributed by atoms with van der Waals surface area (Å²) in [6, 6.07) is 18.3. The van der Waals surface area contributed by atoms with E-state index in [1.165, 1.54) is 5.56 Å². The minimum absolute atomic E-state index is 0.189. The molecule has 0 N–H and O–H groups in total.